The molecule has 0 radical (unpaired) electrons. The lowest BCUT2D eigenvalue weighted by molar-refractivity contribution is 0.869. The minimum atomic E-state index is 0.904. The van der Waals surface area contributed by atoms with Crippen molar-refractivity contribution in [1.29, 1.82) is 0 Å². The van der Waals surface area contributed by atoms with Crippen molar-refractivity contribution < 1.29 is 0 Å². The first kappa shape index (κ1) is 5.25. The molecule has 0 aliphatic heterocycles. The Kier molecular flexibility index (Phi) is 4.46. The lowest BCUT2D eigenvalue weighted by Gasteiger charge is -1.81. The van der Waals surface area contributed by atoms with Crippen LogP contribution in [-0.4, -0.2) is 6.54 Å². The quantitative estimate of drug-likeness (QED) is 0.505. The number of nitrogens with one attached hydrogen (secondary N) is 1. The van der Waals surface area contributed by atoms with Gasteiger partial charge >= 0.3 is 0 Å². The summed E-state index contributed by atoms with van der Waals surface area (Å²) >= 11 is 5.05. The third kappa shape index (κ3) is 4.25. The summed E-state index contributed by atoms with van der Waals surface area (Å²) in [5.74, 6) is 0. The van der Waals surface area contributed by atoms with Crippen LogP contribution in [0.15, 0.2) is 0 Å². The normalized spacial score (nSPS) is 8.40. The molecule has 0 atom stereocenters. The molecule has 0 fully saturated rings. The SMILES string of the molecule is CCCNCl. The van der Waals surface area contributed by atoms with Crippen LogP contribution in [0.1, 0.15) is 13.3 Å². The fraction of sp³-hybridized carbons (Fsp3) is 1.00. The van der Waals surface area contributed by atoms with E-state index >= 15 is 0 Å². The van der Waals surface area contributed by atoms with Gasteiger partial charge in [-0.3, -0.25) is 0 Å². The van der Waals surface area contributed by atoms with Crippen LogP contribution >= 0.6 is 11.8 Å². The monoisotopic (exact) mass is 93.0 g/mol. The van der Waals surface area contributed by atoms with Gasteiger partial charge in [-0.25, -0.2) is 4.84 Å². The second kappa shape index (κ2) is 4.25. The van der Waals surface area contributed by atoms with Crippen molar-refractivity contribution >= 4 is 11.8 Å². The van der Waals surface area contributed by atoms with E-state index in [0.717, 1.165) is 13.0 Å². The van der Waals surface area contributed by atoms with E-state index in [1.807, 2.05) is 0 Å². The smallest absolute Gasteiger partial charge is 0.0105 e. The zero-order valence-electron chi connectivity index (χ0n) is 3.29. The minimum Gasteiger partial charge on any atom is -0.234 e. The van der Waals surface area contributed by atoms with E-state index in [1.54, 1.807) is 0 Å². The van der Waals surface area contributed by atoms with Gasteiger partial charge in [0.15, 0.2) is 0 Å². The van der Waals surface area contributed by atoms with Gasteiger partial charge in [-0.05, 0) is 18.2 Å². The molecule has 0 unspecified atom stereocenters. The predicted molar refractivity (Wildman–Crippen MR) is 24.1 cm³/mol. The Balaban J connectivity index is 2.19. The molecule has 0 heterocycles. The maximum atomic E-state index is 5.05. The summed E-state index contributed by atoms with van der Waals surface area (Å²) in [6.07, 6.45) is 1.10. The van der Waals surface area contributed by atoms with Crippen LogP contribution in [0.5, 0.6) is 0 Å². The van der Waals surface area contributed by atoms with Crippen molar-refractivity contribution in [1.82, 2.24) is 4.84 Å². The molecule has 5 heavy (non-hydrogen) atoms. The molecule has 0 aliphatic rings. The van der Waals surface area contributed by atoms with E-state index < -0.39 is 0 Å². The zero-order valence-corrected chi connectivity index (χ0v) is 4.05. The van der Waals surface area contributed by atoms with Crippen molar-refractivity contribution in [3.63, 3.8) is 0 Å². The Hall–Kier alpha value is 0.250. The van der Waals surface area contributed by atoms with Crippen LogP contribution in [0.2, 0.25) is 0 Å². The van der Waals surface area contributed by atoms with Gasteiger partial charge in [0.25, 0.3) is 0 Å². The standard InChI is InChI=1S/C3H8ClN/c1-2-3-5-4/h5H,2-3H2,1H3. The van der Waals surface area contributed by atoms with Crippen LogP contribution < -0.4 is 4.84 Å². The summed E-state index contributed by atoms with van der Waals surface area (Å²) < 4.78 is 0. The average Bonchev–Trinajstić information content (AvgIpc) is 1.41. The van der Waals surface area contributed by atoms with Crippen molar-refractivity contribution in [3.05, 3.63) is 0 Å². The molecule has 0 aromatic heterocycles. The van der Waals surface area contributed by atoms with E-state index in [0.29, 0.717) is 0 Å². The molecule has 0 aromatic carbocycles. The highest BCUT2D eigenvalue weighted by molar-refractivity contribution is 6.13. The first-order valence-corrected chi connectivity index (χ1v) is 2.13. The van der Waals surface area contributed by atoms with Crippen molar-refractivity contribution in [3.8, 4) is 0 Å². The van der Waals surface area contributed by atoms with Gasteiger partial charge in [-0.15, -0.1) is 0 Å². The van der Waals surface area contributed by atoms with Gasteiger partial charge in [-0.1, -0.05) is 6.92 Å². The number of halogens is 1. The Morgan fingerprint density at radius 2 is 2.40 bits per heavy atom. The molecule has 2 heteroatoms. The third-order valence-electron chi connectivity index (χ3n) is 0.344. The largest absolute Gasteiger partial charge is 0.234 e. The summed E-state index contributed by atoms with van der Waals surface area (Å²) in [6, 6.07) is 0. The van der Waals surface area contributed by atoms with E-state index in [4.69, 9.17) is 11.8 Å². The van der Waals surface area contributed by atoms with Crippen LogP contribution in [-0.2, 0) is 0 Å². The topological polar surface area (TPSA) is 12.0 Å². The Morgan fingerprint density at radius 3 is 2.40 bits per heavy atom. The highest BCUT2D eigenvalue weighted by Gasteiger charge is 1.67. The fourth-order valence-electron chi connectivity index (χ4n) is 0.0945. The summed E-state index contributed by atoms with van der Waals surface area (Å²) in [4.78, 5) is 2.49. The molecule has 0 rings (SSSR count). The lowest BCUT2D eigenvalue weighted by Crippen LogP contribution is -1.96. The summed E-state index contributed by atoms with van der Waals surface area (Å²) in [6.45, 7) is 2.97. The Bertz CT molecular complexity index is 14.4. The molecule has 0 amide bonds. The molecule has 0 saturated heterocycles. The molecular formula is C3H8ClN. The number of hydrogen-bond donors (Lipinski definition) is 1. The molecule has 32 valence electrons. The van der Waals surface area contributed by atoms with E-state index in [9.17, 15) is 0 Å². The molecule has 0 saturated carbocycles. The van der Waals surface area contributed by atoms with Crippen molar-refractivity contribution in [2.24, 2.45) is 0 Å². The van der Waals surface area contributed by atoms with Crippen LogP contribution in [0.4, 0.5) is 0 Å². The molecule has 1 nitrogen and oxygen atoms in total. The van der Waals surface area contributed by atoms with Gasteiger partial charge in [-0.2, -0.15) is 0 Å². The summed E-state index contributed by atoms with van der Waals surface area (Å²) in [7, 11) is 0. The number of rotatable bonds is 2. The van der Waals surface area contributed by atoms with Crippen molar-refractivity contribution in [2.45, 2.75) is 13.3 Å². The molecule has 1 N–H and O–H groups in total. The molecule has 0 aliphatic carbocycles. The highest BCUT2D eigenvalue weighted by Crippen LogP contribution is 1.67. The third-order valence-corrected chi connectivity index (χ3v) is 0.533. The number of hydrogen-bond acceptors (Lipinski definition) is 1. The second-order valence-corrected chi connectivity index (χ2v) is 1.15. The molecule has 0 aromatic rings. The van der Waals surface area contributed by atoms with E-state index in [2.05, 4.69) is 11.8 Å². The van der Waals surface area contributed by atoms with Gasteiger partial charge in [0, 0.05) is 6.54 Å². The van der Waals surface area contributed by atoms with Crippen molar-refractivity contribution in [2.75, 3.05) is 6.54 Å². The minimum absolute atomic E-state index is 0.904. The Morgan fingerprint density at radius 1 is 1.80 bits per heavy atom. The van der Waals surface area contributed by atoms with E-state index in [-0.39, 0.29) is 0 Å². The average molecular weight is 93.6 g/mol. The first-order valence-electron chi connectivity index (χ1n) is 1.75. The van der Waals surface area contributed by atoms with Gasteiger partial charge in [0.1, 0.15) is 0 Å². The van der Waals surface area contributed by atoms with Crippen LogP contribution in [0.25, 0.3) is 0 Å². The first-order chi connectivity index (χ1) is 2.41. The molecular weight excluding hydrogens is 85.5 g/mol. The van der Waals surface area contributed by atoms with Crippen LogP contribution in [0.3, 0.4) is 0 Å². The van der Waals surface area contributed by atoms with E-state index in [1.165, 1.54) is 0 Å². The fourth-order valence-corrected chi connectivity index (χ4v) is 0.283. The van der Waals surface area contributed by atoms with Gasteiger partial charge in [0.05, 0.1) is 0 Å². The maximum Gasteiger partial charge on any atom is 0.0105 e. The predicted octanol–water partition coefficient (Wildman–Crippen LogP) is 1.14. The second-order valence-electron chi connectivity index (χ2n) is 0.884. The summed E-state index contributed by atoms with van der Waals surface area (Å²) in [5, 5.41) is 0. The highest BCUT2D eigenvalue weighted by atomic mass is 35.5. The lowest BCUT2D eigenvalue weighted by atomic mass is 10.5. The Labute approximate surface area is 37.4 Å². The van der Waals surface area contributed by atoms with Gasteiger partial charge < -0.3 is 0 Å². The molecule has 0 bridgehead atoms. The van der Waals surface area contributed by atoms with Gasteiger partial charge in [0.2, 0.25) is 0 Å². The summed E-state index contributed by atoms with van der Waals surface area (Å²) in [5.41, 5.74) is 0. The zero-order chi connectivity index (χ0) is 4.12. The molecule has 0 spiro atoms. The maximum absolute atomic E-state index is 5.05. The van der Waals surface area contributed by atoms with Crippen LogP contribution in [0, 0.1) is 0 Å².